The van der Waals surface area contributed by atoms with E-state index in [4.69, 9.17) is 0 Å². The fraction of sp³-hybridized carbons (Fsp3) is 0.200. The first-order valence-corrected chi connectivity index (χ1v) is 8.02. The van der Waals surface area contributed by atoms with Crippen LogP contribution in [-0.2, 0) is 10.0 Å². The van der Waals surface area contributed by atoms with Gasteiger partial charge in [0.2, 0.25) is 10.0 Å². The van der Waals surface area contributed by atoms with E-state index in [-0.39, 0.29) is 16.5 Å². The predicted molar refractivity (Wildman–Crippen MR) is 84.2 cm³/mol. The summed E-state index contributed by atoms with van der Waals surface area (Å²) in [7, 11) is -0.631. The quantitative estimate of drug-likeness (QED) is 0.933. The number of amides is 1. The average molecular weight is 319 g/mol. The monoisotopic (exact) mass is 319 g/mol. The van der Waals surface area contributed by atoms with Crippen LogP contribution in [0, 0.1) is 6.92 Å². The Morgan fingerprint density at radius 1 is 1.18 bits per heavy atom. The lowest BCUT2D eigenvalue weighted by molar-refractivity contribution is 0.102. The number of carbonyl (C=O) groups excluding carboxylic acids is 1. The Kier molecular flexibility index (Phi) is 4.58. The van der Waals surface area contributed by atoms with Gasteiger partial charge in [-0.15, -0.1) is 0 Å². The molecule has 22 heavy (non-hydrogen) atoms. The summed E-state index contributed by atoms with van der Waals surface area (Å²) in [5, 5.41) is 2.69. The van der Waals surface area contributed by atoms with Crippen LogP contribution in [0.3, 0.4) is 0 Å². The van der Waals surface area contributed by atoms with E-state index in [2.05, 4.69) is 10.3 Å². The molecule has 7 heteroatoms. The highest BCUT2D eigenvalue weighted by Gasteiger charge is 2.19. The first-order chi connectivity index (χ1) is 10.3. The van der Waals surface area contributed by atoms with Crippen LogP contribution in [0.15, 0.2) is 47.5 Å². The number of nitrogens with zero attached hydrogens (tertiary/aromatic N) is 2. The van der Waals surface area contributed by atoms with Crippen molar-refractivity contribution in [2.45, 2.75) is 11.8 Å². The Hall–Kier alpha value is -2.25. The molecule has 1 amide bonds. The van der Waals surface area contributed by atoms with Gasteiger partial charge in [0.1, 0.15) is 5.69 Å². The smallest absolute Gasteiger partial charge is 0.274 e. The normalized spacial score (nSPS) is 11.5. The zero-order valence-corrected chi connectivity index (χ0v) is 13.4. The van der Waals surface area contributed by atoms with Crippen molar-refractivity contribution in [3.63, 3.8) is 0 Å². The molecule has 0 fully saturated rings. The molecule has 116 valence electrons. The summed E-state index contributed by atoms with van der Waals surface area (Å²) in [5.41, 5.74) is 1.48. The number of hydrogen-bond acceptors (Lipinski definition) is 4. The Labute approximate surface area is 129 Å². The number of pyridine rings is 1. The number of aryl methyl sites for hydroxylation is 1. The van der Waals surface area contributed by atoms with Crippen LogP contribution in [-0.4, -0.2) is 37.7 Å². The van der Waals surface area contributed by atoms with Crippen LogP contribution in [0.2, 0.25) is 0 Å². The van der Waals surface area contributed by atoms with Crippen LogP contribution in [0.4, 0.5) is 5.69 Å². The number of sulfonamides is 1. The summed E-state index contributed by atoms with van der Waals surface area (Å²) in [4.78, 5) is 16.2. The predicted octanol–water partition coefficient (Wildman–Crippen LogP) is 1.89. The molecule has 0 aliphatic rings. The largest absolute Gasteiger partial charge is 0.320 e. The molecule has 0 bridgehead atoms. The fourth-order valence-electron chi connectivity index (χ4n) is 1.79. The number of aromatic nitrogens is 1. The van der Waals surface area contributed by atoms with E-state index in [0.717, 1.165) is 9.87 Å². The van der Waals surface area contributed by atoms with Gasteiger partial charge in [-0.05, 0) is 36.8 Å². The van der Waals surface area contributed by atoms with E-state index < -0.39 is 10.0 Å². The first-order valence-electron chi connectivity index (χ1n) is 6.58. The van der Waals surface area contributed by atoms with Gasteiger partial charge >= 0.3 is 0 Å². The van der Waals surface area contributed by atoms with Crippen LogP contribution in [0.25, 0.3) is 0 Å². The molecule has 0 saturated carbocycles. The van der Waals surface area contributed by atoms with E-state index in [1.807, 2.05) is 0 Å². The standard InChI is InChI=1S/C15H17N3O3S/c1-11-7-8-12(22(20,21)18(2)3)10-14(11)17-15(19)13-6-4-5-9-16-13/h4-10H,1-3H3,(H,17,19). The third-order valence-electron chi connectivity index (χ3n) is 3.13. The van der Waals surface area contributed by atoms with Gasteiger partial charge in [-0.1, -0.05) is 12.1 Å². The van der Waals surface area contributed by atoms with Gasteiger partial charge in [0.15, 0.2) is 0 Å². The summed E-state index contributed by atoms with van der Waals surface area (Å²) >= 11 is 0. The van der Waals surface area contributed by atoms with Gasteiger partial charge < -0.3 is 5.32 Å². The van der Waals surface area contributed by atoms with Crippen molar-refractivity contribution in [1.82, 2.24) is 9.29 Å². The molecule has 0 aliphatic heterocycles. The van der Waals surface area contributed by atoms with Gasteiger partial charge in [-0.25, -0.2) is 12.7 Å². The molecule has 2 rings (SSSR count). The fourth-order valence-corrected chi connectivity index (χ4v) is 2.72. The molecule has 6 nitrogen and oxygen atoms in total. The van der Waals surface area contributed by atoms with E-state index in [1.54, 1.807) is 31.2 Å². The summed E-state index contributed by atoms with van der Waals surface area (Å²) < 4.78 is 25.4. The molecule has 0 spiro atoms. The van der Waals surface area contributed by atoms with Crippen LogP contribution < -0.4 is 5.32 Å². The molecular formula is C15H17N3O3S. The highest BCUT2D eigenvalue weighted by Crippen LogP contribution is 2.22. The SMILES string of the molecule is Cc1ccc(S(=O)(=O)N(C)C)cc1NC(=O)c1ccccn1. The number of anilines is 1. The Morgan fingerprint density at radius 3 is 2.50 bits per heavy atom. The molecule has 1 aromatic heterocycles. The Bertz CT molecular complexity index is 787. The van der Waals surface area contributed by atoms with Crippen molar-refractivity contribution in [3.05, 3.63) is 53.9 Å². The third-order valence-corrected chi connectivity index (χ3v) is 4.94. The van der Waals surface area contributed by atoms with E-state index in [9.17, 15) is 13.2 Å². The number of hydrogen-bond donors (Lipinski definition) is 1. The van der Waals surface area contributed by atoms with Crippen molar-refractivity contribution in [2.24, 2.45) is 0 Å². The Morgan fingerprint density at radius 2 is 1.91 bits per heavy atom. The van der Waals surface area contributed by atoms with Gasteiger partial charge in [-0.2, -0.15) is 0 Å². The average Bonchev–Trinajstić information content (AvgIpc) is 2.50. The summed E-state index contributed by atoms with van der Waals surface area (Å²) in [6.45, 7) is 1.79. The van der Waals surface area contributed by atoms with Crippen LogP contribution >= 0.6 is 0 Å². The van der Waals surface area contributed by atoms with E-state index >= 15 is 0 Å². The number of rotatable bonds is 4. The van der Waals surface area contributed by atoms with Crippen molar-refractivity contribution < 1.29 is 13.2 Å². The lowest BCUT2D eigenvalue weighted by Crippen LogP contribution is -2.22. The number of benzene rings is 1. The summed E-state index contributed by atoms with van der Waals surface area (Å²) in [6.07, 6.45) is 1.52. The second-order valence-electron chi connectivity index (χ2n) is 4.93. The molecule has 2 aromatic rings. The molecule has 0 aliphatic carbocycles. The molecule has 0 atom stereocenters. The molecule has 1 heterocycles. The van der Waals surface area contributed by atoms with E-state index in [1.165, 1.54) is 32.4 Å². The van der Waals surface area contributed by atoms with Gasteiger partial charge in [-0.3, -0.25) is 9.78 Å². The van der Waals surface area contributed by atoms with Crippen molar-refractivity contribution in [1.29, 1.82) is 0 Å². The minimum atomic E-state index is -3.55. The van der Waals surface area contributed by atoms with Crippen LogP contribution in [0.5, 0.6) is 0 Å². The maximum atomic E-state index is 12.2. The second-order valence-corrected chi connectivity index (χ2v) is 7.09. The van der Waals surface area contributed by atoms with Crippen molar-refractivity contribution in [3.8, 4) is 0 Å². The minimum absolute atomic E-state index is 0.124. The molecule has 0 unspecified atom stereocenters. The van der Waals surface area contributed by atoms with Crippen molar-refractivity contribution in [2.75, 3.05) is 19.4 Å². The summed E-state index contributed by atoms with van der Waals surface area (Å²) in [6, 6.07) is 9.64. The maximum absolute atomic E-state index is 12.2. The molecular weight excluding hydrogens is 302 g/mol. The maximum Gasteiger partial charge on any atom is 0.274 e. The second kappa shape index (κ2) is 6.25. The van der Waals surface area contributed by atoms with Gasteiger partial charge in [0, 0.05) is 26.0 Å². The topological polar surface area (TPSA) is 79.4 Å². The number of nitrogens with one attached hydrogen (secondary N) is 1. The molecule has 1 N–H and O–H groups in total. The molecule has 0 saturated heterocycles. The summed E-state index contributed by atoms with van der Waals surface area (Å²) in [5.74, 6) is -0.386. The third kappa shape index (κ3) is 3.32. The first kappa shape index (κ1) is 16.1. The number of carbonyl (C=O) groups is 1. The van der Waals surface area contributed by atoms with Gasteiger partial charge in [0.05, 0.1) is 4.90 Å². The Balaban J connectivity index is 2.34. The van der Waals surface area contributed by atoms with Gasteiger partial charge in [0.25, 0.3) is 5.91 Å². The lowest BCUT2D eigenvalue weighted by atomic mass is 10.2. The zero-order valence-electron chi connectivity index (χ0n) is 12.6. The van der Waals surface area contributed by atoms with Crippen molar-refractivity contribution >= 4 is 21.6 Å². The molecule has 1 aromatic carbocycles. The minimum Gasteiger partial charge on any atom is -0.320 e. The zero-order chi connectivity index (χ0) is 16.3. The highest BCUT2D eigenvalue weighted by atomic mass is 32.2. The highest BCUT2D eigenvalue weighted by molar-refractivity contribution is 7.89. The van der Waals surface area contributed by atoms with E-state index in [0.29, 0.717) is 5.69 Å². The molecule has 0 radical (unpaired) electrons. The van der Waals surface area contributed by atoms with Crippen LogP contribution in [0.1, 0.15) is 16.1 Å². The lowest BCUT2D eigenvalue weighted by Gasteiger charge is -2.14.